The molecule has 0 radical (unpaired) electrons. The first-order chi connectivity index (χ1) is 18.1. The summed E-state index contributed by atoms with van der Waals surface area (Å²) in [4.78, 5) is 33.6. The summed E-state index contributed by atoms with van der Waals surface area (Å²) in [5, 5.41) is 20.6. The zero-order valence-electron chi connectivity index (χ0n) is 20.8. The van der Waals surface area contributed by atoms with Gasteiger partial charge in [0.25, 0.3) is 0 Å². The number of piperidine rings is 1. The number of carboxylic acids is 2. The predicted octanol–water partition coefficient (Wildman–Crippen LogP) is 4.28. The summed E-state index contributed by atoms with van der Waals surface area (Å²) in [5.41, 5.74) is -0.239. The van der Waals surface area contributed by atoms with Crippen LogP contribution in [0.5, 0.6) is 11.5 Å². The summed E-state index contributed by atoms with van der Waals surface area (Å²) in [7, 11) is 0. The lowest BCUT2D eigenvalue weighted by molar-refractivity contribution is -0.154. The second-order valence-corrected chi connectivity index (χ2v) is 8.09. The average Bonchev–Trinajstić information content (AvgIpc) is 2.84. The Hall–Kier alpha value is -3.69. The third-order valence-electron chi connectivity index (χ3n) is 5.02. The van der Waals surface area contributed by atoms with Gasteiger partial charge in [-0.3, -0.25) is 4.90 Å². The zero-order valence-corrected chi connectivity index (χ0v) is 20.8. The van der Waals surface area contributed by atoms with E-state index in [-0.39, 0.29) is 23.2 Å². The highest BCUT2D eigenvalue weighted by atomic mass is 19.4. The molecule has 220 valence electrons. The Morgan fingerprint density at radius 2 is 1.59 bits per heavy atom. The van der Waals surface area contributed by atoms with Gasteiger partial charge in [-0.25, -0.2) is 14.4 Å². The molecule has 1 saturated heterocycles. The molecule has 39 heavy (non-hydrogen) atoms. The number of carboxylic acid groups (broad SMARTS) is 2. The molecule has 0 spiro atoms. The normalized spacial score (nSPS) is 16.1. The monoisotopic (exact) mass is 573 g/mol. The van der Waals surface area contributed by atoms with Crippen molar-refractivity contribution in [2.24, 2.45) is 0 Å². The van der Waals surface area contributed by atoms with Gasteiger partial charge in [-0.15, -0.1) is 0 Å². The number of nitrogens with zero attached hydrogens (tertiary/aromatic N) is 1. The van der Waals surface area contributed by atoms with E-state index in [4.69, 9.17) is 10.2 Å². The number of alkyl halides is 6. The van der Waals surface area contributed by atoms with Gasteiger partial charge in [0.2, 0.25) is 0 Å². The standard InChI is InChI=1S/C19H25F6N3O3.C4H4O4/c1-2-28-8-4-3-5-13(28)10-26-17(29)27-15-9-14(30-11-18(20,21)22)6-7-16(15)31-12-19(23,24)25;5-3(6)1-2-4(7)8/h6-7,9,13H,2-5,8,10-12H2,1H3,(H2,26,27,29);1-2H,(H,5,6)(H,7,8). The first kappa shape index (κ1) is 33.3. The van der Waals surface area contributed by atoms with Crippen LogP contribution in [0.25, 0.3) is 0 Å². The summed E-state index contributed by atoms with van der Waals surface area (Å²) in [6.07, 6.45) is -5.11. The molecule has 0 aromatic heterocycles. The molecule has 2 amide bonds. The van der Waals surface area contributed by atoms with Crippen LogP contribution in [-0.2, 0) is 9.59 Å². The molecule has 1 aliphatic heterocycles. The number of aliphatic carboxylic acids is 2. The predicted molar refractivity (Wildman–Crippen MR) is 126 cm³/mol. The highest BCUT2D eigenvalue weighted by Crippen LogP contribution is 2.31. The molecule has 0 aliphatic carbocycles. The minimum Gasteiger partial charge on any atom is -0.484 e. The van der Waals surface area contributed by atoms with Gasteiger partial charge in [0, 0.05) is 30.8 Å². The van der Waals surface area contributed by atoms with E-state index < -0.39 is 43.5 Å². The van der Waals surface area contributed by atoms with Crippen LogP contribution < -0.4 is 20.1 Å². The van der Waals surface area contributed by atoms with E-state index in [0.717, 1.165) is 50.6 Å². The molecule has 1 atom stereocenters. The molecule has 1 aromatic carbocycles. The fourth-order valence-electron chi connectivity index (χ4n) is 3.37. The quantitative estimate of drug-likeness (QED) is 0.241. The smallest absolute Gasteiger partial charge is 0.422 e. The number of halogens is 6. The minimum atomic E-state index is -4.63. The largest absolute Gasteiger partial charge is 0.484 e. The van der Waals surface area contributed by atoms with Gasteiger partial charge >= 0.3 is 30.3 Å². The molecule has 16 heteroatoms. The Bertz CT molecular complexity index is 970. The van der Waals surface area contributed by atoms with E-state index >= 15 is 0 Å². The van der Waals surface area contributed by atoms with Crippen LogP contribution in [-0.4, -0.2) is 84.3 Å². The van der Waals surface area contributed by atoms with Crippen LogP contribution >= 0.6 is 0 Å². The van der Waals surface area contributed by atoms with E-state index in [1.54, 1.807) is 0 Å². The number of likely N-dealkylation sites (tertiary alicyclic amines) is 1. The first-order valence-corrected chi connectivity index (χ1v) is 11.6. The first-order valence-electron chi connectivity index (χ1n) is 11.6. The van der Waals surface area contributed by atoms with Crippen LogP contribution in [0.15, 0.2) is 30.4 Å². The molecule has 0 bridgehead atoms. The maximum Gasteiger partial charge on any atom is 0.422 e. The number of carbonyl (C=O) groups is 3. The van der Waals surface area contributed by atoms with Crippen molar-refractivity contribution in [3.8, 4) is 11.5 Å². The summed E-state index contributed by atoms with van der Waals surface area (Å²) in [5.74, 6) is -3.14. The second-order valence-electron chi connectivity index (χ2n) is 8.09. The highest BCUT2D eigenvalue weighted by molar-refractivity contribution is 5.91. The van der Waals surface area contributed by atoms with E-state index in [1.807, 2.05) is 6.92 Å². The molecule has 2 rings (SSSR count). The molecular formula is C23H29F6N3O7. The van der Waals surface area contributed by atoms with Crippen molar-refractivity contribution < 1.29 is 60.4 Å². The highest BCUT2D eigenvalue weighted by Gasteiger charge is 2.30. The van der Waals surface area contributed by atoms with Gasteiger partial charge < -0.3 is 30.3 Å². The van der Waals surface area contributed by atoms with Gasteiger partial charge in [0.1, 0.15) is 11.5 Å². The Kier molecular flexibility index (Phi) is 13.4. The lowest BCUT2D eigenvalue weighted by atomic mass is 10.0. The van der Waals surface area contributed by atoms with Crippen LogP contribution in [0.2, 0.25) is 0 Å². The van der Waals surface area contributed by atoms with Crippen LogP contribution in [0.3, 0.4) is 0 Å². The van der Waals surface area contributed by atoms with Gasteiger partial charge in [0.15, 0.2) is 13.2 Å². The summed E-state index contributed by atoms with van der Waals surface area (Å²) in [6, 6.07) is 2.43. The van der Waals surface area contributed by atoms with Gasteiger partial charge in [-0.2, -0.15) is 26.3 Å². The number of amides is 2. The van der Waals surface area contributed by atoms with E-state index in [1.165, 1.54) is 0 Å². The Balaban J connectivity index is 0.000000824. The molecule has 1 fully saturated rings. The fourth-order valence-corrected chi connectivity index (χ4v) is 3.37. The number of hydrogen-bond donors (Lipinski definition) is 4. The number of anilines is 1. The van der Waals surface area contributed by atoms with Crippen LogP contribution in [0, 0.1) is 0 Å². The third-order valence-corrected chi connectivity index (χ3v) is 5.02. The Morgan fingerprint density at radius 3 is 2.13 bits per heavy atom. The van der Waals surface area contributed by atoms with Crippen molar-refractivity contribution in [1.82, 2.24) is 10.2 Å². The summed E-state index contributed by atoms with van der Waals surface area (Å²) < 4.78 is 83.8. The Labute approximate surface area is 219 Å². The van der Waals surface area contributed by atoms with Crippen molar-refractivity contribution >= 4 is 23.7 Å². The molecule has 1 unspecified atom stereocenters. The molecule has 1 aliphatic rings. The second kappa shape index (κ2) is 15.7. The molecular weight excluding hydrogens is 544 g/mol. The van der Waals surface area contributed by atoms with E-state index in [2.05, 4.69) is 25.0 Å². The molecule has 0 saturated carbocycles. The van der Waals surface area contributed by atoms with Crippen molar-refractivity contribution in [2.45, 2.75) is 44.6 Å². The SMILES string of the molecule is CCN1CCCCC1CNC(=O)Nc1cc(OCC(F)(F)F)ccc1OCC(F)(F)F.O=C(O)C=CC(=O)O. The van der Waals surface area contributed by atoms with Crippen molar-refractivity contribution in [1.29, 1.82) is 0 Å². The topological polar surface area (TPSA) is 137 Å². The summed E-state index contributed by atoms with van der Waals surface area (Å²) >= 11 is 0. The van der Waals surface area contributed by atoms with Crippen molar-refractivity contribution in [2.75, 3.05) is 38.2 Å². The molecule has 10 nitrogen and oxygen atoms in total. The summed E-state index contributed by atoms with van der Waals surface area (Å²) in [6.45, 7) is 0.855. The zero-order chi connectivity index (χ0) is 29.6. The number of carbonyl (C=O) groups excluding carboxylic acids is 1. The number of urea groups is 1. The van der Waals surface area contributed by atoms with Crippen LogP contribution in [0.4, 0.5) is 36.8 Å². The lowest BCUT2D eigenvalue weighted by Gasteiger charge is -2.34. The number of likely N-dealkylation sites (N-methyl/N-ethyl adjacent to an activating group) is 1. The van der Waals surface area contributed by atoms with E-state index in [9.17, 15) is 40.7 Å². The number of rotatable bonds is 10. The van der Waals surface area contributed by atoms with E-state index in [0.29, 0.717) is 18.7 Å². The molecule has 1 heterocycles. The number of benzene rings is 1. The lowest BCUT2D eigenvalue weighted by Crippen LogP contribution is -2.47. The average molecular weight is 573 g/mol. The molecule has 1 aromatic rings. The maximum absolute atomic E-state index is 12.5. The number of ether oxygens (including phenoxy) is 2. The van der Waals surface area contributed by atoms with Crippen molar-refractivity contribution in [3.63, 3.8) is 0 Å². The van der Waals surface area contributed by atoms with Gasteiger partial charge in [-0.1, -0.05) is 13.3 Å². The van der Waals surface area contributed by atoms with Gasteiger partial charge in [0.05, 0.1) is 5.69 Å². The fraction of sp³-hybridized carbons (Fsp3) is 0.522. The number of nitrogens with one attached hydrogen (secondary N) is 2. The van der Waals surface area contributed by atoms with Crippen molar-refractivity contribution in [3.05, 3.63) is 30.4 Å². The number of hydrogen-bond acceptors (Lipinski definition) is 6. The molecule has 4 N–H and O–H groups in total. The van der Waals surface area contributed by atoms with Gasteiger partial charge in [-0.05, 0) is 38.1 Å². The Morgan fingerprint density at radius 1 is 1.00 bits per heavy atom. The third kappa shape index (κ3) is 15.3. The van der Waals surface area contributed by atoms with Crippen LogP contribution in [0.1, 0.15) is 26.2 Å². The maximum atomic E-state index is 12.5. The minimum absolute atomic E-state index is 0.131.